The molecule has 2 aromatic carbocycles. The zero-order valence-corrected chi connectivity index (χ0v) is 17.8. The van der Waals surface area contributed by atoms with Gasteiger partial charge < -0.3 is 20.5 Å². The maximum atomic E-state index is 12.5. The molecule has 0 heterocycles. The normalized spacial score (nSPS) is 13.8. The third kappa shape index (κ3) is 5.09. The van der Waals surface area contributed by atoms with Crippen LogP contribution in [0.2, 0.25) is 0 Å². The number of carbonyl (C=O) groups is 3. The Labute approximate surface area is 187 Å². The number of hydrogen-bond donors (Lipinski definition) is 3. The fourth-order valence-electron chi connectivity index (χ4n) is 3.93. The quantitative estimate of drug-likeness (QED) is 0.526. The topological polar surface area (TPSA) is 105 Å². The predicted octanol–water partition coefficient (Wildman–Crippen LogP) is 3.29. The van der Waals surface area contributed by atoms with Gasteiger partial charge in [-0.2, -0.15) is 0 Å². The van der Waals surface area contributed by atoms with E-state index in [-0.39, 0.29) is 18.9 Å². The Hall–Kier alpha value is -3.79. The van der Waals surface area contributed by atoms with Gasteiger partial charge in [0.15, 0.2) is 0 Å². The fraction of sp³-hybridized carbons (Fsp3) is 0.320. The van der Waals surface area contributed by atoms with Crippen molar-refractivity contribution >= 4 is 18.0 Å². The molecule has 2 amide bonds. The van der Waals surface area contributed by atoms with Crippen molar-refractivity contribution in [2.24, 2.45) is 0 Å². The van der Waals surface area contributed by atoms with Gasteiger partial charge >= 0.3 is 12.1 Å². The van der Waals surface area contributed by atoms with Crippen LogP contribution >= 0.6 is 0 Å². The maximum Gasteiger partial charge on any atom is 0.407 e. The van der Waals surface area contributed by atoms with E-state index in [0.29, 0.717) is 12.8 Å². The van der Waals surface area contributed by atoms with Crippen LogP contribution in [0, 0.1) is 12.3 Å². The smallest absolute Gasteiger partial charge is 0.407 e. The molecular weight excluding hydrogens is 408 g/mol. The van der Waals surface area contributed by atoms with Crippen molar-refractivity contribution in [3.8, 4) is 23.5 Å². The first-order chi connectivity index (χ1) is 15.5. The molecule has 0 aliphatic heterocycles. The van der Waals surface area contributed by atoms with E-state index in [1.807, 2.05) is 55.5 Å². The van der Waals surface area contributed by atoms with Crippen LogP contribution in [0.4, 0.5) is 4.79 Å². The first kappa shape index (κ1) is 22.9. The van der Waals surface area contributed by atoms with Crippen LogP contribution in [0.5, 0.6) is 0 Å². The number of carboxylic acids is 1. The van der Waals surface area contributed by atoms with Crippen LogP contribution in [-0.2, 0) is 14.3 Å². The van der Waals surface area contributed by atoms with Gasteiger partial charge in [0.05, 0.1) is 0 Å². The number of amides is 2. The number of nitrogens with one attached hydrogen (secondary N) is 2. The number of rotatable bonds is 9. The molecular formula is C25H26N2O5. The Morgan fingerprint density at radius 3 is 2.16 bits per heavy atom. The number of fused-ring (bicyclic) bond motifs is 3. The van der Waals surface area contributed by atoms with E-state index in [2.05, 4.69) is 16.6 Å². The van der Waals surface area contributed by atoms with E-state index in [9.17, 15) is 19.5 Å². The number of carboxylic acid groups (broad SMARTS) is 1. The summed E-state index contributed by atoms with van der Waals surface area (Å²) in [5.41, 5.74) is 4.41. The van der Waals surface area contributed by atoms with Gasteiger partial charge in [0.2, 0.25) is 5.91 Å². The van der Waals surface area contributed by atoms with E-state index >= 15 is 0 Å². The summed E-state index contributed by atoms with van der Waals surface area (Å²) in [4.78, 5) is 36.3. The third-order valence-corrected chi connectivity index (χ3v) is 5.47. The summed E-state index contributed by atoms with van der Waals surface area (Å²) in [7, 11) is 0. The second kappa shape index (κ2) is 10.5. The number of alkyl carbamates (subject to hydrolysis) is 1. The molecule has 0 aromatic heterocycles. The molecule has 2 atom stereocenters. The molecule has 3 rings (SSSR count). The number of ether oxygens (including phenoxy) is 1. The second-order valence-corrected chi connectivity index (χ2v) is 7.62. The molecule has 0 saturated heterocycles. The minimum absolute atomic E-state index is 0.0985. The largest absolute Gasteiger partial charge is 0.480 e. The minimum Gasteiger partial charge on any atom is -0.480 e. The Bertz CT molecular complexity index is 997. The molecule has 1 aliphatic carbocycles. The Kier molecular flexibility index (Phi) is 7.50. The van der Waals surface area contributed by atoms with Gasteiger partial charge in [0.25, 0.3) is 0 Å². The average molecular weight is 434 g/mol. The molecule has 1 aliphatic rings. The lowest BCUT2D eigenvalue weighted by atomic mass is 9.98. The van der Waals surface area contributed by atoms with Crippen molar-refractivity contribution < 1.29 is 24.2 Å². The summed E-state index contributed by atoms with van der Waals surface area (Å²) >= 11 is 0. The summed E-state index contributed by atoms with van der Waals surface area (Å²) in [6.45, 7) is 1.98. The van der Waals surface area contributed by atoms with E-state index in [1.165, 1.54) is 0 Å². The van der Waals surface area contributed by atoms with E-state index < -0.39 is 30.1 Å². The van der Waals surface area contributed by atoms with Gasteiger partial charge in [-0.1, -0.05) is 61.9 Å². The van der Waals surface area contributed by atoms with Crippen LogP contribution < -0.4 is 10.6 Å². The lowest BCUT2D eigenvalue weighted by molar-refractivity contribution is -0.141. The van der Waals surface area contributed by atoms with Gasteiger partial charge in [0, 0.05) is 12.3 Å². The van der Waals surface area contributed by atoms with Crippen molar-refractivity contribution in [1.29, 1.82) is 0 Å². The SMILES string of the molecule is C#CCC(NC(=O)[C@@H](CCC)NC(=O)OCC1c2ccccc2-c2ccccc21)C(=O)O. The van der Waals surface area contributed by atoms with Crippen molar-refractivity contribution in [3.63, 3.8) is 0 Å². The number of benzene rings is 2. The highest BCUT2D eigenvalue weighted by atomic mass is 16.5. The Morgan fingerprint density at radius 1 is 1.03 bits per heavy atom. The number of hydrogen-bond acceptors (Lipinski definition) is 4. The zero-order chi connectivity index (χ0) is 23.1. The van der Waals surface area contributed by atoms with E-state index in [4.69, 9.17) is 11.2 Å². The average Bonchev–Trinajstić information content (AvgIpc) is 3.10. The standard InChI is InChI=1S/C25H26N2O5/c1-3-9-21(23(28)26-22(10-4-2)24(29)30)27-25(31)32-15-20-18-13-7-5-11-16(18)17-12-6-8-14-19(17)20/h2,5-8,11-14,20-22H,3,9-10,15H2,1H3,(H,26,28)(H,27,31)(H,29,30)/t21-,22?/m1/s1. The molecule has 0 spiro atoms. The van der Waals surface area contributed by atoms with Crippen molar-refractivity contribution in [3.05, 3.63) is 59.7 Å². The molecule has 0 radical (unpaired) electrons. The highest BCUT2D eigenvalue weighted by Gasteiger charge is 2.30. The van der Waals surface area contributed by atoms with Crippen LogP contribution in [0.3, 0.4) is 0 Å². The zero-order valence-electron chi connectivity index (χ0n) is 17.8. The molecule has 0 bridgehead atoms. The summed E-state index contributed by atoms with van der Waals surface area (Å²) in [5.74, 6) is 0.291. The molecule has 32 heavy (non-hydrogen) atoms. The highest BCUT2D eigenvalue weighted by Crippen LogP contribution is 2.44. The number of aliphatic carboxylic acids is 1. The third-order valence-electron chi connectivity index (χ3n) is 5.47. The predicted molar refractivity (Wildman–Crippen MR) is 120 cm³/mol. The molecule has 0 saturated carbocycles. The fourth-order valence-corrected chi connectivity index (χ4v) is 3.93. The number of terminal acetylenes is 1. The highest BCUT2D eigenvalue weighted by molar-refractivity contribution is 5.89. The Morgan fingerprint density at radius 2 is 1.62 bits per heavy atom. The monoisotopic (exact) mass is 434 g/mol. The summed E-state index contributed by atoms with van der Waals surface area (Å²) < 4.78 is 5.49. The molecule has 2 aromatic rings. The maximum absolute atomic E-state index is 12.5. The van der Waals surface area contributed by atoms with Crippen LogP contribution in [0.25, 0.3) is 11.1 Å². The van der Waals surface area contributed by atoms with Gasteiger partial charge in [-0.25, -0.2) is 9.59 Å². The van der Waals surface area contributed by atoms with Crippen LogP contribution in [0.15, 0.2) is 48.5 Å². The minimum atomic E-state index is -1.23. The summed E-state index contributed by atoms with van der Waals surface area (Å²) in [6.07, 6.45) is 5.23. The summed E-state index contributed by atoms with van der Waals surface area (Å²) in [6, 6.07) is 13.9. The first-order valence-electron chi connectivity index (χ1n) is 10.5. The van der Waals surface area contributed by atoms with Crippen molar-refractivity contribution in [2.75, 3.05) is 6.61 Å². The summed E-state index contributed by atoms with van der Waals surface area (Å²) in [5, 5.41) is 14.1. The van der Waals surface area contributed by atoms with Gasteiger partial charge in [-0.3, -0.25) is 4.79 Å². The molecule has 0 fully saturated rings. The first-order valence-corrected chi connectivity index (χ1v) is 10.5. The van der Waals surface area contributed by atoms with Gasteiger partial charge in [-0.15, -0.1) is 12.3 Å². The molecule has 3 N–H and O–H groups in total. The second-order valence-electron chi connectivity index (χ2n) is 7.62. The number of carbonyl (C=O) groups excluding carboxylic acids is 2. The van der Waals surface area contributed by atoms with E-state index in [1.54, 1.807) is 0 Å². The van der Waals surface area contributed by atoms with Crippen molar-refractivity contribution in [2.45, 2.75) is 44.2 Å². The molecule has 1 unspecified atom stereocenters. The molecule has 7 heteroatoms. The van der Waals surface area contributed by atoms with Crippen LogP contribution in [0.1, 0.15) is 43.2 Å². The molecule has 7 nitrogen and oxygen atoms in total. The lowest BCUT2D eigenvalue weighted by Gasteiger charge is -2.21. The lowest BCUT2D eigenvalue weighted by Crippen LogP contribution is -2.51. The van der Waals surface area contributed by atoms with E-state index in [0.717, 1.165) is 22.3 Å². The molecule has 166 valence electrons. The van der Waals surface area contributed by atoms with Crippen molar-refractivity contribution in [1.82, 2.24) is 10.6 Å². The van der Waals surface area contributed by atoms with Crippen LogP contribution in [-0.4, -0.2) is 41.8 Å². The van der Waals surface area contributed by atoms with Gasteiger partial charge in [0.1, 0.15) is 18.7 Å². The van der Waals surface area contributed by atoms with Gasteiger partial charge in [-0.05, 0) is 28.7 Å². The Balaban J connectivity index is 1.64.